The zero-order valence-corrected chi connectivity index (χ0v) is 14.0. The molecule has 2 aromatic rings. The lowest BCUT2D eigenvalue weighted by molar-refractivity contribution is 0.372. The van der Waals surface area contributed by atoms with Crippen LogP contribution in [-0.4, -0.2) is 25.7 Å². The Labute approximate surface area is 142 Å². The molecule has 1 fully saturated rings. The summed E-state index contributed by atoms with van der Waals surface area (Å²) in [6, 6.07) is 19.1. The van der Waals surface area contributed by atoms with Gasteiger partial charge in [0, 0.05) is 24.5 Å². The summed E-state index contributed by atoms with van der Waals surface area (Å²) in [5.74, 6) is 0.863. The normalized spacial score (nSPS) is 27.6. The number of benzene rings is 2. The minimum Gasteiger partial charge on any atom is -0.497 e. The summed E-state index contributed by atoms with van der Waals surface area (Å²) in [4.78, 5) is 2.37. The number of anilines is 2. The average Bonchev–Trinajstić information content (AvgIpc) is 3.18. The number of hydrogen-bond donors (Lipinski definition) is 1. The third-order valence-electron chi connectivity index (χ3n) is 5.71. The van der Waals surface area contributed by atoms with Gasteiger partial charge in [0.05, 0.1) is 18.6 Å². The molecule has 0 unspecified atom stereocenters. The predicted octanol–water partition coefficient (Wildman–Crippen LogP) is 3.55. The van der Waals surface area contributed by atoms with Crippen LogP contribution < -0.4 is 15.0 Å². The van der Waals surface area contributed by atoms with Crippen molar-refractivity contribution in [3.05, 3.63) is 54.1 Å². The maximum Gasteiger partial charge on any atom is 0.134 e. The van der Waals surface area contributed by atoms with E-state index in [0.29, 0.717) is 0 Å². The summed E-state index contributed by atoms with van der Waals surface area (Å²) in [7, 11) is 1.68. The number of ether oxygens (including phenoxy) is 1. The Morgan fingerprint density at radius 3 is 2.62 bits per heavy atom. The fourth-order valence-electron chi connectivity index (χ4n) is 4.25. The van der Waals surface area contributed by atoms with Crippen molar-refractivity contribution in [3.8, 4) is 11.8 Å². The fourth-order valence-corrected chi connectivity index (χ4v) is 4.25. The van der Waals surface area contributed by atoms with Crippen LogP contribution in [0.25, 0.3) is 0 Å². The molecule has 2 heterocycles. The lowest BCUT2D eigenvalue weighted by Gasteiger charge is -2.36. The molecule has 0 radical (unpaired) electrons. The number of fused-ring (bicyclic) bond motifs is 2. The maximum absolute atomic E-state index is 9.90. The Balaban J connectivity index is 1.72. The first-order valence-electron chi connectivity index (χ1n) is 8.30. The Kier molecular flexibility index (Phi) is 3.21. The topological polar surface area (TPSA) is 48.3 Å². The number of para-hydroxylation sites is 1. The molecule has 0 bridgehead atoms. The van der Waals surface area contributed by atoms with Gasteiger partial charge in [-0.1, -0.05) is 18.2 Å². The van der Waals surface area contributed by atoms with Crippen LogP contribution in [-0.2, 0) is 5.41 Å². The minimum absolute atomic E-state index is 0.182. The van der Waals surface area contributed by atoms with Gasteiger partial charge in [-0.05, 0) is 49.2 Å². The van der Waals surface area contributed by atoms with E-state index in [2.05, 4.69) is 46.6 Å². The van der Waals surface area contributed by atoms with Crippen LogP contribution >= 0.6 is 0 Å². The van der Waals surface area contributed by atoms with Gasteiger partial charge < -0.3 is 15.0 Å². The quantitative estimate of drug-likeness (QED) is 0.919. The van der Waals surface area contributed by atoms with E-state index in [9.17, 15) is 5.26 Å². The molecule has 2 atom stereocenters. The maximum atomic E-state index is 9.90. The molecule has 1 spiro atoms. The lowest BCUT2D eigenvalue weighted by Crippen LogP contribution is -2.50. The number of nitrogens with zero attached hydrogens (tertiary/aromatic N) is 2. The van der Waals surface area contributed by atoms with Crippen molar-refractivity contribution in [1.82, 2.24) is 0 Å². The Bertz CT molecular complexity index is 810. The molecule has 1 N–H and O–H groups in total. The molecule has 0 aromatic heterocycles. The summed E-state index contributed by atoms with van der Waals surface area (Å²) >= 11 is 0. The monoisotopic (exact) mass is 319 g/mol. The molecule has 0 amide bonds. The number of methoxy groups -OCH3 is 1. The van der Waals surface area contributed by atoms with Crippen LogP contribution in [0, 0.1) is 11.3 Å². The summed E-state index contributed by atoms with van der Waals surface area (Å²) in [6.07, 6.45) is 0.965. The second-order valence-corrected chi connectivity index (χ2v) is 6.86. The van der Waals surface area contributed by atoms with Crippen LogP contribution in [0.2, 0.25) is 0 Å². The van der Waals surface area contributed by atoms with Crippen LogP contribution in [0.1, 0.15) is 18.9 Å². The molecular weight excluding hydrogens is 298 g/mol. The zero-order valence-electron chi connectivity index (χ0n) is 14.0. The van der Waals surface area contributed by atoms with Crippen LogP contribution in [0.15, 0.2) is 48.5 Å². The molecule has 122 valence electrons. The van der Waals surface area contributed by atoms with Gasteiger partial charge in [0.25, 0.3) is 0 Å². The molecule has 2 aromatic carbocycles. The van der Waals surface area contributed by atoms with Gasteiger partial charge in [-0.2, -0.15) is 5.26 Å². The molecule has 0 aliphatic carbocycles. The second kappa shape index (κ2) is 5.17. The van der Waals surface area contributed by atoms with Crippen molar-refractivity contribution >= 4 is 11.4 Å². The smallest absolute Gasteiger partial charge is 0.134 e. The van der Waals surface area contributed by atoms with E-state index < -0.39 is 5.54 Å². The molecule has 2 aliphatic heterocycles. The van der Waals surface area contributed by atoms with Crippen LogP contribution in [0.4, 0.5) is 11.4 Å². The molecule has 4 heteroatoms. The predicted molar refractivity (Wildman–Crippen MR) is 95.6 cm³/mol. The lowest BCUT2D eigenvalue weighted by atomic mass is 9.68. The Hall–Kier alpha value is -2.67. The highest BCUT2D eigenvalue weighted by Crippen LogP contribution is 2.52. The van der Waals surface area contributed by atoms with Crippen molar-refractivity contribution in [3.63, 3.8) is 0 Å². The largest absolute Gasteiger partial charge is 0.497 e. The Morgan fingerprint density at radius 1 is 1.17 bits per heavy atom. The van der Waals surface area contributed by atoms with E-state index >= 15 is 0 Å². The Morgan fingerprint density at radius 2 is 1.92 bits per heavy atom. The van der Waals surface area contributed by atoms with Gasteiger partial charge in [-0.25, -0.2) is 0 Å². The molecule has 1 saturated heterocycles. The highest BCUT2D eigenvalue weighted by Gasteiger charge is 2.58. The van der Waals surface area contributed by atoms with Crippen molar-refractivity contribution in [1.29, 1.82) is 5.26 Å². The second-order valence-electron chi connectivity index (χ2n) is 6.86. The number of rotatable bonds is 2. The third-order valence-corrected chi connectivity index (χ3v) is 5.71. The van der Waals surface area contributed by atoms with Gasteiger partial charge in [0.1, 0.15) is 11.3 Å². The van der Waals surface area contributed by atoms with E-state index in [0.717, 1.165) is 30.9 Å². The van der Waals surface area contributed by atoms with Gasteiger partial charge >= 0.3 is 0 Å². The number of nitrogens with one attached hydrogen (secondary N) is 1. The van der Waals surface area contributed by atoms with Crippen LogP contribution in [0.5, 0.6) is 5.75 Å². The number of hydrogen-bond acceptors (Lipinski definition) is 4. The first-order chi connectivity index (χ1) is 11.6. The SMILES string of the molecule is COc1ccc(N2CC[C@]3(C2)c2ccccc2N[C@@]3(C)C#N)cc1. The van der Waals surface area contributed by atoms with E-state index in [-0.39, 0.29) is 5.41 Å². The van der Waals surface area contributed by atoms with Crippen molar-refractivity contribution in [2.75, 3.05) is 30.4 Å². The first kappa shape index (κ1) is 14.9. The molecule has 24 heavy (non-hydrogen) atoms. The molecular formula is C20H21N3O. The molecule has 4 rings (SSSR count). The number of nitriles is 1. The van der Waals surface area contributed by atoms with Crippen molar-refractivity contribution < 1.29 is 4.74 Å². The molecule has 4 nitrogen and oxygen atoms in total. The standard InChI is InChI=1S/C20H21N3O/c1-19(13-21)20(17-5-3-4-6-18(17)22-19)11-12-23(14-20)15-7-9-16(24-2)10-8-15/h3-10,22H,11-12,14H2,1-2H3/t19-,20-/m0/s1. The molecule has 0 saturated carbocycles. The van der Waals surface area contributed by atoms with Crippen LogP contribution in [0.3, 0.4) is 0 Å². The van der Waals surface area contributed by atoms with E-state index in [4.69, 9.17) is 4.74 Å². The fraction of sp³-hybridized carbons (Fsp3) is 0.350. The highest BCUT2D eigenvalue weighted by atomic mass is 16.5. The third kappa shape index (κ3) is 1.91. The summed E-state index contributed by atoms with van der Waals surface area (Å²) in [6.45, 7) is 3.82. The van der Waals surface area contributed by atoms with Crippen molar-refractivity contribution in [2.45, 2.75) is 24.3 Å². The summed E-state index contributed by atoms with van der Waals surface area (Å²) < 4.78 is 5.25. The first-order valence-corrected chi connectivity index (χ1v) is 8.30. The van der Waals surface area contributed by atoms with E-state index in [1.165, 1.54) is 11.3 Å². The van der Waals surface area contributed by atoms with Gasteiger partial charge in [-0.3, -0.25) is 0 Å². The van der Waals surface area contributed by atoms with Gasteiger partial charge in [-0.15, -0.1) is 0 Å². The van der Waals surface area contributed by atoms with E-state index in [1.54, 1.807) is 7.11 Å². The molecule has 2 aliphatic rings. The van der Waals surface area contributed by atoms with Gasteiger partial charge in [0.15, 0.2) is 0 Å². The average molecular weight is 319 g/mol. The summed E-state index contributed by atoms with van der Waals surface area (Å²) in [5.41, 5.74) is 2.77. The highest BCUT2D eigenvalue weighted by molar-refractivity contribution is 5.69. The zero-order chi connectivity index (χ0) is 16.8. The van der Waals surface area contributed by atoms with E-state index in [1.807, 2.05) is 25.1 Å². The minimum atomic E-state index is -0.585. The van der Waals surface area contributed by atoms with Gasteiger partial charge in [0.2, 0.25) is 0 Å². The summed E-state index contributed by atoms with van der Waals surface area (Å²) in [5, 5.41) is 13.4. The van der Waals surface area contributed by atoms with Crippen molar-refractivity contribution in [2.24, 2.45) is 0 Å².